The first-order valence-corrected chi connectivity index (χ1v) is 8.07. The maximum absolute atomic E-state index is 11.1. The van der Waals surface area contributed by atoms with Crippen molar-refractivity contribution in [3.63, 3.8) is 0 Å². The number of piperidine rings is 1. The number of anilines is 3. The summed E-state index contributed by atoms with van der Waals surface area (Å²) in [6, 6.07) is 1.92. The molecular weight excluding hydrogens is 300 g/mol. The Morgan fingerprint density at radius 3 is 2.77 bits per heavy atom. The molecule has 8 heteroatoms. The van der Waals surface area contributed by atoms with Gasteiger partial charge in [-0.25, -0.2) is 15.0 Å². The Hall–Kier alpha value is -2.22. The molecule has 7 nitrogen and oxygen atoms in total. The summed E-state index contributed by atoms with van der Waals surface area (Å²) in [5.74, 6) is 1.84. The quantitative estimate of drug-likeness (QED) is 0.896. The number of aromatic nitrogens is 3. The lowest BCUT2D eigenvalue weighted by atomic mass is 10.1. The van der Waals surface area contributed by atoms with E-state index in [1.807, 2.05) is 13.0 Å². The second-order valence-electron chi connectivity index (χ2n) is 5.23. The number of thiazole rings is 1. The number of hydrogen-bond acceptors (Lipinski definition) is 7. The highest BCUT2D eigenvalue weighted by Crippen LogP contribution is 2.24. The molecule has 3 N–H and O–H groups in total. The second-order valence-corrected chi connectivity index (χ2v) is 6.26. The predicted molar refractivity (Wildman–Crippen MR) is 86.7 cm³/mol. The van der Waals surface area contributed by atoms with Gasteiger partial charge in [-0.05, 0) is 26.2 Å². The second kappa shape index (κ2) is 6.27. The van der Waals surface area contributed by atoms with Crippen LogP contribution >= 0.6 is 11.3 Å². The van der Waals surface area contributed by atoms with E-state index in [0.717, 1.165) is 18.9 Å². The van der Waals surface area contributed by atoms with E-state index in [2.05, 4.69) is 25.2 Å². The van der Waals surface area contributed by atoms with Crippen LogP contribution in [0.5, 0.6) is 0 Å². The van der Waals surface area contributed by atoms with Crippen LogP contribution < -0.4 is 16.0 Å². The van der Waals surface area contributed by atoms with Gasteiger partial charge in [0.15, 0.2) is 5.13 Å². The molecule has 3 rings (SSSR count). The van der Waals surface area contributed by atoms with E-state index in [9.17, 15) is 4.79 Å². The predicted octanol–water partition coefficient (Wildman–Crippen LogP) is 2.07. The van der Waals surface area contributed by atoms with Gasteiger partial charge in [-0.2, -0.15) is 0 Å². The molecular formula is C14H18N6OS. The average Bonchev–Trinajstić information content (AvgIpc) is 2.96. The van der Waals surface area contributed by atoms with E-state index < -0.39 is 5.91 Å². The van der Waals surface area contributed by atoms with E-state index in [1.54, 1.807) is 0 Å². The first-order chi connectivity index (χ1) is 10.6. The molecule has 0 atom stereocenters. The van der Waals surface area contributed by atoms with E-state index >= 15 is 0 Å². The summed E-state index contributed by atoms with van der Waals surface area (Å²) in [4.78, 5) is 26.8. The molecule has 22 heavy (non-hydrogen) atoms. The number of aryl methyl sites for hydroxylation is 1. The topological polar surface area (TPSA) is 97.0 Å². The molecule has 116 valence electrons. The summed E-state index contributed by atoms with van der Waals surface area (Å²) in [5, 5.41) is 3.72. The molecule has 1 fully saturated rings. The van der Waals surface area contributed by atoms with Crippen LogP contribution in [0.4, 0.5) is 16.8 Å². The van der Waals surface area contributed by atoms with Crippen LogP contribution in [0.25, 0.3) is 0 Å². The number of nitrogens with one attached hydrogen (secondary N) is 1. The van der Waals surface area contributed by atoms with Crippen LogP contribution in [0.2, 0.25) is 0 Å². The summed E-state index contributed by atoms with van der Waals surface area (Å²) in [6.07, 6.45) is 5.14. The van der Waals surface area contributed by atoms with Gasteiger partial charge in [0, 0.05) is 19.2 Å². The van der Waals surface area contributed by atoms with Crippen molar-refractivity contribution < 1.29 is 4.79 Å². The minimum Gasteiger partial charge on any atom is -0.365 e. The summed E-state index contributed by atoms with van der Waals surface area (Å²) in [5.41, 5.74) is 5.24. The average molecular weight is 318 g/mol. The third-order valence-electron chi connectivity index (χ3n) is 3.49. The van der Waals surface area contributed by atoms with Crippen molar-refractivity contribution in [2.45, 2.75) is 26.2 Å². The molecule has 3 heterocycles. The molecule has 0 unspecified atom stereocenters. The minimum absolute atomic E-state index is 0.421. The zero-order valence-corrected chi connectivity index (χ0v) is 13.2. The number of carbonyl (C=O) groups excluding carboxylic acids is 1. The molecule has 1 aliphatic heterocycles. The van der Waals surface area contributed by atoms with Crippen LogP contribution in [0.3, 0.4) is 0 Å². The fourth-order valence-electron chi connectivity index (χ4n) is 2.46. The van der Waals surface area contributed by atoms with Crippen LogP contribution in [0.1, 0.15) is 34.8 Å². The standard InChI is InChI=1S/C14H18N6OS/c1-9-17-11(19-14-16-8-10(22-14)13(15)21)7-12(18-9)20-5-3-2-4-6-20/h7-8H,2-6H2,1H3,(H2,15,21)(H,16,17,18,19). The largest absolute Gasteiger partial charge is 0.365 e. The molecule has 1 saturated heterocycles. The van der Waals surface area contributed by atoms with Gasteiger partial charge in [0.25, 0.3) is 5.91 Å². The number of rotatable bonds is 4. The lowest BCUT2D eigenvalue weighted by Crippen LogP contribution is -2.30. The summed E-state index contributed by atoms with van der Waals surface area (Å²) in [7, 11) is 0. The molecule has 1 amide bonds. The van der Waals surface area contributed by atoms with E-state index in [0.29, 0.717) is 21.7 Å². The SMILES string of the molecule is Cc1nc(Nc2ncc(C(N)=O)s2)cc(N2CCCCC2)n1. The Bertz CT molecular complexity index is 680. The molecule has 2 aromatic rings. The highest BCUT2D eigenvalue weighted by Gasteiger charge is 2.14. The summed E-state index contributed by atoms with van der Waals surface area (Å²) < 4.78 is 0. The van der Waals surface area contributed by atoms with Crippen molar-refractivity contribution in [1.29, 1.82) is 0 Å². The molecule has 0 saturated carbocycles. The first kappa shape index (κ1) is 14.7. The highest BCUT2D eigenvalue weighted by molar-refractivity contribution is 7.17. The van der Waals surface area contributed by atoms with Gasteiger partial charge >= 0.3 is 0 Å². The maximum atomic E-state index is 11.1. The molecule has 0 bridgehead atoms. The molecule has 2 aromatic heterocycles. The van der Waals surface area contributed by atoms with Gasteiger partial charge in [-0.3, -0.25) is 4.79 Å². The summed E-state index contributed by atoms with van der Waals surface area (Å²) >= 11 is 1.21. The lowest BCUT2D eigenvalue weighted by Gasteiger charge is -2.28. The van der Waals surface area contributed by atoms with Crippen LogP contribution in [-0.2, 0) is 0 Å². The number of primary amides is 1. The first-order valence-electron chi connectivity index (χ1n) is 7.25. The Morgan fingerprint density at radius 1 is 1.32 bits per heavy atom. The van der Waals surface area contributed by atoms with Gasteiger partial charge in [0.05, 0.1) is 6.20 Å². The van der Waals surface area contributed by atoms with Gasteiger partial charge in [0.1, 0.15) is 22.3 Å². The van der Waals surface area contributed by atoms with Gasteiger partial charge in [-0.1, -0.05) is 11.3 Å². The van der Waals surface area contributed by atoms with Crippen molar-refractivity contribution in [2.24, 2.45) is 5.73 Å². The number of nitrogens with two attached hydrogens (primary N) is 1. The summed E-state index contributed by atoms with van der Waals surface area (Å²) in [6.45, 7) is 3.92. The van der Waals surface area contributed by atoms with E-state index in [-0.39, 0.29) is 0 Å². The lowest BCUT2D eigenvalue weighted by molar-refractivity contribution is 0.100. The Kier molecular flexibility index (Phi) is 4.19. The Labute approximate surface area is 132 Å². The van der Waals surface area contributed by atoms with Crippen molar-refractivity contribution in [3.8, 4) is 0 Å². The Morgan fingerprint density at radius 2 is 2.09 bits per heavy atom. The molecule has 0 radical (unpaired) electrons. The number of hydrogen-bond donors (Lipinski definition) is 2. The fraction of sp³-hybridized carbons (Fsp3) is 0.429. The molecule has 0 spiro atoms. The van der Waals surface area contributed by atoms with Crippen LogP contribution in [0.15, 0.2) is 12.3 Å². The highest BCUT2D eigenvalue weighted by atomic mass is 32.1. The van der Waals surface area contributed by atoms with E-state index in [1.165, 1.54) is 36.8 Å². The zero-order valence-electron chi connectivity index (χ0n) is 12.4. The monoisotopic (exact) mass is 318 g/mol. The minimum atomic E-state index is -0.474. The fourth-order valence-corrected chi connectivity index (χ4v) is 3.13. The third-order valence-corrected chi connectivity index (χ3v) is 4.42. The molecule has 1 aliphatic rings. The number of nitrogens with zero attached hydrogens (tertiary/aromatic N) is 4. The van der Waals surface area contributed by atoms with Crippen molar-refractivity contribution in [1.82, 2.24) is 15.0 Å². The maximum Gasteiger partial charge on any atom is 0.260 e. The normalized spacial score (nSPS) is 14.9. The zero-order chi connectivity index (χ0) is 15.5. The van der Waals surface area contributed by atoms with Gasteiger partial charge < -0.3 is 16.0 Å². The number of amides is 1. The third kappa shape index (κ3) is 3.33. The molecule has 0 aromatic carbocycles. The Balaban J connectivity index is 1.80. The smallest absolute Gasteiger partial charge is 0.260 e. The van der Waals surface area contributed by atoms with Gasteiger partial charge in [0.2, 0.25) is 0 Å². The van der Waals surface area contributed by atoms with Crippen LogP contribution in [0, 0.1) is 6.92 Å². The number of carbonyl (C=O) groups is 1. The van der Waals surface area contributed by atoms with Gasteiger partial charge in [-0.15, -0.1) is 0 Å². The molecule has 0 aliphatic carbocycles. The van der Waals surface area contributed by atoms with E-state index in [4.69, 9.17) is 5.73 Å². The van der Waals surface area contributed by atoms with Crippen molar-refractivity contribution >= 4 is 34.0 Å². The van der Waals surface area contributed by atoms with Crippen molar-refractivity contribution in [3.05, 3.63) is 23.0 Å². The van der Waals surface area contributed by atoms with Crippen molar-refractivity contribution in [2.75, 3.05) is 23.3 Å². The van der Waals surface area contributed by atoms with Crippen LogP contribution in [-0.4, -0.2) is 33.9 Å².